The van der Waals surface area contributed by atoms with E-state index in [2.05, 4.69) is 126 Å². The molecule has 0 spiro atoms. The molecule has 0 bridgehead atoms. The SMILES string of the molecule is Ic1c(-c2ccccc2)cc(-c2ccccc2)cc1-c1ccccc1. The molecule has 4 aromatic rings. The molecule has 4 rings (SSSR count). The van der Waals surface area contributed by atoms with Gasteiger partial charge in [-0.3, -0.25) is 0 Å². The highest BCUT2D eigenvalue weighted by atomic mass is 127. The van der Waals surface area contributed by atoms with E-state index in [0.717, 1.165) is 0 Å². The molecule has 120 valence electrons. The van der Waals surface area contributed by atoms with Gasteiger partial charge in [-0.05, 0) is 68.1 Å². The van der Waals surface area contributed by atoms with Gasteiger partial charge in [-0.2, -0.15) is 0 Å². The molecule has 0 N–H and O–H groups in total. The Morgan fingerprint density at radius 1 is 0.400 bits per heavy atom. The van der Waals surface area contributed by atoms with Crippen LogP contribution in [0, 0.1) is 3.57 Å². The van der Waals surface area contributed by atoms with Gasteiger partial charge in [-0.1, -0.05) is 91.0 Å². The van der Waals surface area contributed by atoms with Crippen LogP contribution in [0.25, 0.3) is 33.4 Å². The molecule has 0 nitrogen and oxygen atoms in total. The molecule has 4 aromatic carbocycles. The van der Waals surface area contributed by atoms with Gasteiger partial charge in [0.15, 0.2) is 0 Å². The average molecular weight is 432 g/mol. The van der Waals surface area contributed by atoms with Crippen LogP contribution in [0.3, 0.4) is 0 Å². The summed E-state index contributed by atoms with van der Waals surface area (Å²) in [4.78, 5) is 0. The number of benzene rings is 4. The molecule has 25 heavy (non-hydrogen) atoms. The Morgan fingerprint density at radius 2 is 0.760 bits per heavy atom. The van der Waals surface area contributed by atoms with Crippen LogP contribution in [0.15, 0.2) is 103 Å². The van der Waals surface area contributed by atoms with E-state index in [1.165, 1.54) is 37.0 Å². The second-order valence-electron chi connectivity index (χ2n) is 5.98. The van der Waals surface area contributed by atoms with Crippen LogP contribution in [0.2, 0.25) is 0 Å². The van der Waals surface area contributed by atoms with Crippen molar-refractivity contribution in [2.24, 2.45) is 0 Å². The highest BCUT2D eigenvalue weighted by Crippen LogP contribution is 2.37. The first-order valence-corrected chi connectivity index (χ1v) is 9.40. The predicted octanol–water partition coefficient (Wildman–Crippen LogP) is 7.29. The molecule has 0 saturated heterocycles. The molecular formula is C24H17I. The molecule has 0 fully saturated rings. The number of halogens is 1. The van der Waals surface area contributed by atoms with E-state index in [1.807, 2.05) is 0 Å². The van der Waals surface area contributed by atoms with E-state index in [-0.39, 0.29) is 0 Å². The molecule has 0 aliphatic carbocycles. The van der Waals surface area contributed by atoms with Crippen LogP contribution in [0.4, 0.5) is 0 Å². The summed E-state index contributed by atoms with van der Waals surface area (Å²) in [5.41, 5.74) is 7.55. The quantitative estimate of drug-likeness (QED) is 0.298. The Bertz CT molecular complexity index is 914. The van der Waals surface area contributed by atoms with Gasteiger partial charge in [0, 0.05) is 3.57 Å². The van der Waals surface area contributed by atoms with Crippen molar-refractivity contribution >= 4 is 22.6 Å². The minimum Gasteiger partial charge on any atom is -0.0622 e. The van der Waals surface area contributed by atoms with Crippen molar-refractivity contribution in [1.29, 1.82) is 0 Å². The third-order valence-corrected chi connectivity index (χ3v) is 5.51. The van der Waals surface area contributed by atoms with Crippen molar-refractivity contribution in [3.8, 4) is 33.4 Å². The van der Waals surface area contributed by atoms with Gasteiger partial charge < -0.3 is 0 Å². The lowest BCUT2D eigenvalue weighted by atomic mass is 9.93. The summed E-state index contributed by atoms with van der Waals surface area (Å²) in [6, 6.07) is 36.5. The lowest BCUT2D eigenvalue weighted by Crippen LogP contribution is -1.91. The topological polar surface area (TPSA) is 0 Å². The van der Waals surface area contributed by atoms with E-state index < -0.39 is 0 Å². The molecule has 0 aliphatic rings. The highest BCUT2D eigenvalue weighted by Gasteiger charge is 2.12. The fourth-order valence-electron chi connectivity index (χ4n) is 3.08. The Hall–Kier alpha value is -2.39. The summed E-state index contributed by atoms with van der Waals surface area (Å²) in [7, 11) is 0. The summed E-state index contributed by atoms with van der Waals surface area (Å²) < 4.78 is 1.29. The highest BCUT2D eigenvalue weighted by molar-refractivity contribution is 14.1. The second kappa shape index (κ2) is 7.24. The van der Waals surface area contributed by atoms with Crippen molar-refractivity contribution in [1.82, 2.24) is 0 Å². The van der Waals surface area contributed by atoms with Gasteiger partial charge in [0.05, 0.1) is 0 Å². The van der Waals surface area contributed by atoms with E-state index in [1.54, 1.807) is 0 Å². The largest absolute Gasteiger partial charge is 0.0622 e. The van der Waals surface area contributed by atoms with E-state index in [4.69, 9.17) is 0 Å². The maximum Gasteiger partial charge on any atom is 0.0287 e. The maximum absolute atomic E-state index is 2.48. The van der Waals surface area contributed by atoms with Crippen molar-refractivity contribution in [3.63, 3.8) is 0 Å². The third-order valence-electron chi connectivity index (χ3n) is 4.35. The summed E-state index contributed by atoms with van der Waals surface area (Å²) >= 11 is 2.48. The van der Waals surface area contributed by atoms with Gasteiger partial charge in [0.1, 0.15) is 0 Å². The van der Waals surface area contributed by atoms with Crippen LogP contribution in [0.1, 0.15) is 0 Å². The third kappa shape index (κ3) is 3.38. The number of hydrogen-bond acceptors (Lipinski definition) is 0. The van der Waals surface area contributed by atoms with Crippen LogP contribution in [-0.4, -0.2) is 0 Å². The summed E-state index contributed by atoms with van der Waals surface area (Å²) in [5, 5.41) is 0. The predicted molar refractivity (Wildman–Crippen MR) is 115 cm³/mol. The summed E-state index contributed by atoms with van der Waals surface area (Å²) in [5.74, 6) is 0. The Kier molecular flexibility index (Phi) is 4.66. The first kappa shape index (κ1) is 16.1. The molecule has 0 saturated carbocycles. The van der Waals surface area contributed by atoms with Gasteiger partial charge >= 0.3 is 0 Å². The van der Waals surface area contributed by atoms with E-state index >= 15 is 0 Å². The zero-order valence-electron chi connectivity index (χ0n) is 13.7. The van der Waals surface area contributed by atoms with Crippen molar-refractivity contribution < 1.29 is 0 Å². The maximum atomic E-state index is 2.48. The van der Waals surface area contributed by atoms with Gasteiger partial charge in [0.2, 0.25) is 0 Å². The number of rotatable bonds is 3. The van der Waals surface area contributed by atoms with Crippen LogP contribution >= 0.6 is 22.6 Å². The van der Waals surface area contributed by atoms with Crippen LogP contribution < -0.4 is 0 Å². The molecule has 0 aromatic heterocycles. The second-order valence-corrected chi connectivity index (χ2v) is 7.06. The summed E-state index contributed by atoms with van der Waals surface area (Å²) in [6.45, 7) is 0. The fourth-order valence-corrected chi connectivity index (χ4v) is 4.01. The van der Waals surface area contributed by atoms with Crippen LogP contribution in [-0.2, 0) is 0 Å². The monoisotopic (exact) mass is 432 g/mol. The van der Waals surface area contributed by atoms with E-state index in [9.17, 15) is 0 Å². The van der Waals surface area contributed by atoms with Gasteiger partial charge in [0.25, 0.3) is 0 Å². The zero-order valence-corrected chi connectivity index (χ0v) is 15.9. The Balaban J connectivity index is 1.98. The lowest BCUT2D eigenvalue weighted by Gasteiger charge is -2.14. The normalized spacial score (nSPS) is 10.6. The molecular weight excluding hydrogens is 415 g/mol. The van der Waals surface area contributed by atoms with Crippen molar-refractivity contribution in [2.75, 3.05) is 0 Å². The average Bonchev–Trinajstić information content (AvgIpc) is 2.70. The Morgan fingerprint density at radius 3 is 1.16 bits per heavy atom. The lowest BCUT2D eigenvalue weighted by molar-refractivity contribution is 1.53. The van der Waals surface area contributed by atoms with E-state index in [0.29, 0.717) is 0 Å². The molecule has 0 atom stereocenters. The molecule has 0 aliphatic heterocycles. The molecule has 0 amide bonds. The van der Waals surface area contributed by atoms with Crippen LogP contribution in [0.5, 0.6) is 0 Å². The number of hydrogen-bond donors (Lipinski definition) is 0. The molecule has 0 heterocycles. The van der Waals surface area contributed by atoms with Gasteiger partial charge in [-0.25, -0.2) is 0 Å². The van der Waals surface area contributed by atoms with Crippen molar-refractivity contribution in [2.45, 2.75) is 0 Å². The van der Waals surface area contributed by atoms with Gasteiger partial charge in [-0.15, -0.1) is 0 Å². The molecule has 0 unspecified atom stereocenters. The zero-order chi connectivity index (χ0) is 17.1. The first-order valence-electron chi connectivity index (χ1n) is 8.33. The van der Waals surface area contributed by atoms with Crippen molar-refractivity contribution in [3.05, 3.63) is 107 Å². The minimum absolute atomic E-state index is 1.24. The fraction of sp³-hybridized carbons (Fsp3) is 0. The Labute approximate surface area is 162 Å². The smallest absolute Gasteiger partial charge is 0.0287 e. The molecule has 1 heteroatoms. The minimum atomic E-state index is 1.24. The molecule has 0 radical (unpaired) electrons. The standard InChI is InChI=1S/C24H17I/c25-24-22(19-12-6-2-7-13-19)16-21(18-10-4-1-5-11-18)17-23(24)20-14-8-3-9-15-20/h1-17H. The first-order chi connectivity index (χ1) is 12.3. The summed E-state index contributed by atoms with van der Waals surface area (Å²) in [6.07, 6.45) is 0.